The Labute approximate surface area is 175 Å². The molecule has 7 heteroatoms. The quantitative estimate of drug-likeness (QED) is 0.549. The Kier molecular flexibility index (Phi) is 8.96. The van der Waals surface area contributed by atoms with Crippen LogP contribution in [-0.2, 0) is 27.4 Å². The molecule has 1 aromatic heterocycles. The lowest BCUT2D eigenvalue weighted by molar-refractivity contribution is -0.141. The number of rotatable bonds is 10. The van der Waals surface area contributed by atoms with Crippen LogP contribution < -0.4 is 0 Å². The summed E-state index contributed by atoms with van der Waals surface area (Å²) in [5, 5.41) is 1.34. The van der Waals surface area contributed by atoms with Gasteiger partial charge >= 0.3 is 0 Å². The molecule has 0 saturated heterocycles. The van der Waals surface area contributed by atoms with Gasteiger partial charge in [0.15, 0.2) is 0 Å². The average Bonchev–Trinajstić information content (AvgIpc) is 3.09. The molecule has 0 spiro atoms. The molecular formula is C21H27ClN2O3S. The largest absolute Gasteiger partial charge is 0.383 e. The van der Waals surface area contributed by atoms with Crippen molar-refractivity contribution in [2.45, 2.75) is 32.3 Å². The average molecular weight is 423 g/mol. The van der Waals surface area contributed by atoms with Gasteiger partial charge in [0.05, 0.1) is 19.7 Å². The summed E-state index contributed by atoms with van der Waals surface area (Å²) < 4.78 is 5.08. The van der Waals surface area contributed by atoms with Crippen molar-refractivity contribution in [3.05, 3.63) is 57.8 Å². The fourth-order valence-electron chi connectivity index (χ4n) is 2.76. The number of hydrogen-bond acceptors (Lipinski definition) is 4. The number of hydrogen-bond donors (Lipinski definition) is 0. The van der Waals surface area contributed by atoms with E-state index in [1.807, 2.05) is 42.6 Å². The van der Waals surface area contributed by atoms with Gasteiger partial charge in [0, 0.05) is 25.1 Å². The Morgan fingerprint density at radius 1 is 1.14 bits per heavy atom. The fourth-order valence-corrected chi connectivity index (χ4v) is 3.82. The maximum Gasteiger partial charge on any atom is 0.242 e. The van der Waals surface area contributed by atoms with E-state index in [2.05, 4.69) is 6.07 Å². The molecule has 2 aromatic rings. The molecule has 2 amide bonds. The first kappa shape index (κ1) is 22.4. The second-order valence-corrected chi connectivity index (χ2v) is 8.29. The molecule has 152 valence electrons. The van der Waals surface area contributed by atoms with E-state index in [4.69, 9.17) is 16.3 Å². The van der Waals surface area contributed by atoms with Gasteiger partial charge in [0.1, 0.15) is 5.38 Å². The molecule has 1 atom stereocenters. The van der Waals surface area contributed by atoms with Crippen molar-refractivity contribution in [1.29, 1.82) is 0 Å². The molecule has 0 fully saturated rings. The summed E-state index contributed by atoms with van der Waals surface area (Å²) in [7, 11) is 1.57. The monoisotopic (exact) mass is 422 g/mol. The highest BCUT2D eigenvalue weighted by atomic mass is 35.5. The van der Waals surface area contributed by atoms with Crippen LogP contribution in [0, 0.1) is 6.92 Å². The Morgan fingerprint density at radius 3 is 2.43 bits per heavy atom. The zero-order chi connectivity index (χ0) is 20.5. The van der Waals surface area contributed by atoms with Gasteiger partial charge in [-0.1, -0.05) is 30.3 Å². The summed E-state index contributed by atoms with van der Waals surface area (Å²) in [4.78, 5) is 30.0. The van der Waals surface area contributed by atoms with Crippen molar-refractivity contribution >= 4 is 34.8 Å². The van der Waals surface area contributed by atoms with Gasteiger partial charge in [0.2, 0.25) is 11.8 Å². The molecule has 2 rings (SSSR count). The summed E-state index contributed by atoms with van der Waals surface area (Å²) in [5.41, 5.74) is 2.21. The zero-order valence-electron chi connectivity index (χ0n) is 16.6. The lowest BCUT2D eigenvalue weighted by Crippen LogP contribution is -2.45. The SMILES string of the molecule is COCCN(CC(=O)N(Cc1ccccc1)Cc1sccc1C)C(=O)[C@@H](C)Cl. The van der Waals surface area contributed by atoms with Crippen LogP contribution in [0.4, 0.5) is 0 Å². The molecule has 0 unspecified atom stereocenters. The number of aryl methyl sites for hydroxylation is 1. The Bertz CT molecular complexity index is 764. The van der Waals surface area contributed by atoms with E-state index in [0.717, 1.165) is 16.0 Å². The van der Waals surface area contributed by atoms with Crippen molar-refractivity contribution < 1.29 is 14.3 Å². The predicted octanol–water partition coefficient (Wildman–Crippen LogP) is 3.69. The minimum atomic E-state index is -0.688. The van der Waals surface area contributed by atoms with Gasteiger partial charge in [-0.15, -0.1) is 22.9 Å². The van der Waals surface area contributed by atoms with Crippen molar-refractivity contribution in [3.8, 4) is 0 Å². The number of methoxy groups -OCH3 is 1. The van der Waals surface area contributed by atoms with E-state index in [0.29, 0.717) is 26.2 Å². The highest BCUT2D eigenvalue weighted by Crippen LogP contribution is 2.20. The Morgan fingerprint density at radius 2 is 1.86 bits per heavy atom. The van der Waals surface area contributed by atoms with Crippen molar-refractivity contribution in [3.63, 3.8) is 0 Å². The minimum Gasteiger partial charge on any atom is -0.383 e. The van der Waals surface area contributed by atoms with Crippen molar-refractivity contribution in [2.75, 3.05) is 26.8 Å². The minimum absolute atomic E-state index is 0.0174. The van der Waals surface area contributed by atoms with Crippen molar-refractivity contribution in [1.82, 2.24) is 9.80 Å². The first-order chi connectivity index (χ1) is 13.4. The number of benzene rings is 1. The molecule has 28 heavy (non-hydrogen) atoms. The van der Waals surface area contributed by atoms with Crippen LogP contribution in [0.1, 0.15) is 22.9 Å². The summed E-state index contributed by atoms with van der Waals surface area (Å²) in [6.45, 7) is 5.32. The molecule has 5 nitrogen and oxygen atoms in total. The Balaban J connectivity index is 2.18. The van der Waals surface area contributed by atoms with Crippen LogP contribution in [0.2, 0.25) is 0 Å². The number of alkyl halides is 1. The summed E-state index contributed by atoms with van der Waals surface area (Å²) in [6, 6.07) is 11.9. The maximum atomic E-state index is 13.1. The third-order valence-corrected chi connectivity index (χ3v) is 5.61. The van der Waals surface area contributed by atoms with Crippen LogP contribution in [0.3, 0.4) is 0 Å². The van der Waals surface area contributed by atoms with Crippen molar-refractivity contribution in [2.24, 2.45) is 0 Å². The second-order valence-electron chi connectivity index (χ2n) is 6.63. The van der Waals surface area contributed by atoms with Gasteiger partial charge in [-0.3, -0.25) is 9.59 Å². The first-order valence-corrected chi connectivity index (χ1v) is 10.5. The smallest absolute Gasteiger partial charge is 0.242 e. The zero-order valence-corrected chi connectivity index (χ0v) is 18.1. The van der Waals surface area contributed by atoms with E-state index in [-0.39, 0.29) is 18.4 Å². The number of carbonyl (C=O) groups excluding carboxylic acids is 2. The first-order valence-electron chi connectivity index (χ1n) is 9.18. The lowest BCUT2D eigenvalue weighted by Gasteiger charge is -2.28. The van der Waals surface area contributed by atoms with Gasteiger partial charge in [-0.2, -0.15) is 0 Å². The molecule has 0 bridgehead atoms. The van der Waals surface area contributed by atoms with Gasteiger partial charge in [-0.25, -0.2) is 0 Å². The maximum absolute atomic E-state index is 13.1. The highest BCUT2D eigenvalue weighted by molar-refractivity contribution is 7.10. The third-order valence-electron chi connectivity index (χ3n) is 4.42. The molecule has 0 aliphatic carbocycles. The van der Waals surface area contributed by atoms with Gasteiger partial charge in [-0.05, 0) is 36.4 Å². The standard InChI is InChI=1S/C21H27ClN2O3S/c1-16-9-12-28-19(16)14-24(13-18-7-5-4-6-8-18)20(25)15-23(10-11-27-3)21(26)17(2)22/h4-9,12,17H,10-11,13-15H2,1-3H3/t17-/m1/s1. The molecule has 0 aliphatic rings. The fraction of sp³-hybridized carbons (Fsp3) is 0.429. The van der Waals surface area contributed by atoms with Crippen LogP contribution >= 0.6 is 22.9 Å². The molecule has 0 radical (unpaired) electrons. The van der Waals surface area contributed by atoms with Gasteiger partial charge in [0.25, 0.3) is 0 Å². The number of amides is 2. The van der Waals surface area contributed by atoms with Crippen LogP contribution in [-0.4, -0.2) is 53.8 Å². The number of ether oxygens (including phenoxy) is 1. The molecular weight excluding hydrogens is 396 g/mol. The van der Waals surface area contributed by atoms with E-state index < -0.39 is 5.38 Å². The van der Waals surface area contributed by atoms with E-state index in [1.54, 1.807) is 30.3 Å². The molecule has 0 N–H and O–H groups in total. The van der Waals surface area contributed by atoms with E-state index >= 15 is 0 Å². The third kappa shape index (κ3) is 6.62. The second kappa shape index (κ2) is 11.2. The number of halogens is 1. The summed E-state index contributed by atoms with van der Waals surface area (Å²) in [5.74, 6) is -0.377. The molecule has 1 aromatic carbocycles. The summed E-state index contributed by atoms with van der Waals surface area (Å²) in [6.07, 6.45) is 0. The number of carbonyl (C=O) groups is 2. The number of nitrogens with zero attached hydrogens (tertiary/aromatic N) is 2. The lowest BCUT2D eigenvalue weighted by atomic mass is 10.2. The Hall–Kier alpha value is -1.89. The van der Waals surface area contributed by atoms with Gasteiger partial charge < -0.3 is 14.5 Å². The molecule has 1 heterocycles. The highest BCUT2D eigenvalue weighted by Gasteiger charge is 2.24. The van der Waals surface area contributed by atoms with Crippen LogP contribution in [0.25, 0.3) is 0 Å². The molecule has 0 saturated carbocycles. The topological polar surface area (TPSA) is 49.9 Å². The van der Waals surface area contributed by atoms with E-state index in [9.17, 15) is 9.59 Å². The predicted molar refractivity (Wildman–Crippen MR) is 114 cm³/mol. The summed E-state index contributed by atoms with van der Waals surface area (Å²) >= 11 is 7.61. The van der Waals surface area contributed by atoms with E-state index in [1.165, 1.54) is 4.90 Å². The van der Waals surface area contributed by atoms with Crippen LogP contribution in [0.5, 0.6) is 0 Å². The molecule has 0 aliphatic heterocycles. The normalized spacial score (nSPS) is 11.9. The number of thiophene rings is 1. The van der Waals surface area contributed by atoms with Crippen LogP contribution in [0.15, 0.2) is 41.8 Å².